The second kappa shape index (κ2) is 20.1. The first kappa shape index (κ1) is 36.2. The second-order valence-electron chi connectivity index (χ2n) is 9.91. The van der Waals surface area contributed by atoms with Gasteiger partial charge >= 0.3 is 18.9 Å². The third-order valence-electron chi connectivity index (χ3n) is 7.13. The van der Waals surface area contributed by atoms with Gasteiger partial charge in [0, 0.05) is 23.7 Å². The Bertz CT molecular complexity index is 990. The molecule has 2 aromatic carbocycles. The Labute approximate surface area is 256 Å². The zero-order chi connectivity index (χ0) is 28.6. The Hall–Kier alpha value is -1.86. The van der Waals surface area contributed by atoms with E-state index in [0.717, 1.165) is 30.3 Å². The number of ether oxygens (including phenoxy) is 5. The quantitative estimate of drug-likeness (QED) is 0.160. The summed E-state index contributed by atoms with van der Waals surface area (Å²) in [4.78, 5) is 13.6. The average molecular weight is 567 g/mol. The summed E-state index contributed by atoms with van der Waals surface area (Å²) in [6, 6.07) is 9.21. The molecule has 0 aliphatic heterocycles. The Morgan fingerprint density at radius 1 is 0.725 bits per heavy atom. The van der Waals surface area contributed by atoms with E-state index in [2.05, 4.69) is 27.7 Å². The van der Waals surface area contributed by atoms with Crippen molar-refractivity contribution in [2.45, 2.75) is 79.1 Å². The van der Waals surface area contributed by atoms with Crippen molar-refractivity contribution in [1.82, 2.24) is 0 Å². The first-order chi connectivity index (χ1) is 18.9. The largest absolute Gasteiger partial charge is 1.00 e. The molecule has 0 aliphatic carbocycles. The van der Waals surface area contributed by atoms with Gasteiger partial charge in [-0.2, -0.15) is 5.30 Å². The fraction of sp³-hybridized carbons (Fsp3) is 0.594. The predicted molar refractivity (Wildman–Crippen MR) is 161 cm³/mol. The molecule has 0 bridgehead atoms. The Kier molecular flexibility index (Phi) is 18.2. The molecule has 218 valence electrons. The van der Waals surface area contributed by atoms with E-state index in [4.69, 9.17) is 23.7 Å². The standard InChI is InChI=1S/C32H48O6P.Li/c1-8-12-14-23(10-3)21-37-25-16-17-30(27(18-25)38-22-24(11-4)15-13-9-2)39-32(33)31-28(35-6)19-26(34-5)20-29(31)36-7;/h16-20,23-24H,8-15,21-22H2,1-7H3;/q-1;+1. The molecule has 2 rings (SSSR count). The van der Waals surface area contributed by atoms with Crippen molar-refractivity contribution in [1.29, 1.82) is 0 Å². The van der Waals surface area contributed by atoms with Crippen molar-refractivity contribution in [3.8, 4) is 28.7 Å². The summed E-state index contributed by atoms with van der Waals surface area (Å²) in [6.45, 7) is 10.1. The van der Waals surface area contributed by atoms with Gasteiger partial charge in [0.1, 0.15) is 23.0 Å². The number of carbonyl (C=O) groups excluding carboxylic acids is 1. The van der Waals surface area contributed by atoms with Crippen LogP contribution < -0.4 is 47.8 Å². The molecule has 0 aromatic heterocycles. The summed E-state index contributed by atoms with van der Waals surface area (Å²) < 4.78 is 29.0. The normalized spacial score (nSPS) is 12.5. The van der Waals surface area contributed by atoms with Gasteiger partial charge in [-0.25, -0.2) is 0 Å². The molecule has 0 radical (unpaired) electrons. The van der Waals surface area contributed by atoms with Crippen LogP contribution in [0.5, 0.6) is 28.7 Å². The van der Waals surface area contributed by atoms with Crippen LogP contribution in [-0.2, 0) is 0 Å². The number of benzene rings is 2. The van der Waals surface area contributed by atoms with Gasteiger partial charge in [-0.05, 0) is 30.7 Å². The van der Waals surface area contributed by atoms with Crippen LogP contribution in [-0.4, -0.2) is 40.1 Å². The molecule has 0 amide bonds. The third kappa shape index (κ3) is 11.2. The van der Waals surface area contributed by atoms with E-state index in [1.807, 2.05) is 18.2 Å². The molecule has 0 fully saturated rings. The Balaban J connectivity index is 0.00000800. The van der Waals surface area contributed by atoms with Gasteiger partial charge in [-0.15, -0.1) is 0 Å². The van der Waals surface area contributed by atoms with Crippen LogP contribution in [0.15, 0.2) is 30.3 Å². The molecular formula is C32H48LiO6P. The zero-order valence-electron chi connectivity index (χ0n) is 26.0. The molecule has 2 atom stereocenters. The van der Waals surface area contributed by atoms with E-state index in [0.29, 0.717) is 62.2 Å². The summed E-state index contributed by atoms with van der Waals surface area (Å²) >= 11 is 0. The molecule has 2 aromatic rings. The molecule has 0 N–H and O–H groups in total. The van der Waals surface area contributed by atoms with E-state index in [1.165, 1.54) is 46.3 Å². The van der Waals surface area contributed by atoms with Gasteiger partial charge in [0.05, 0.1) is 45.9 Å². The smallest absolute Gasteiger partial charge is 0.496 e. The molecule has 8 heteroatoms. The maximum Gasteiger partial charge on any atom is 1.00 e. The maximum atomic E-state index is 13.6. The van der Waals surface area contributed by atoms with Gasteiger partial charge in [0.15, 0.2) is 0 Å². The van der Waals surface area contributed by atoms with Crippen LogP contribution in [0.4, 0.5) is 0 Å². The number of unbranched alkanes of at least 4 members (excludes halogenated alkanes) is 2. The molecule has 40 heavy (non-hydrogen) atoms. The number of methoxy groups -OCH3 is 3. The third-order valence-corrected chi connectivity index (χ3v) is 8.17. The molecule has 0 saturated carbocycles. The van der Waals surface area contributed by atoms with Crippen molar-refractivity contribution in [3.63, 3.8) is 0 Å². The van der Waals surface area contributed by atoms with Gasteiger partial charge in [0.25, 0.3) is 0 Å². The van der Waals surface area contributed by atoms with Crippen molar-refractivity contribution >= 4 is 19.4 Å². The van der Waals surface area contributed by atoms with Gasteiger partial charge in [0.2, 0.25) is 0 Å². The van der Waals surface area contributed by atoms with E-state index >= 15 is 0 Å². The molecule has 2 unspecified atom stereocenters. The molecular weight excluding hydrogens is 518 g/mol. The van der Waals surface area contributed by atoms with Crippen LogP contribution >= 0.6 is 8.58 Å². The van der Waals surface area contributed by atoms with E-state index < -0.39 is 0 Å². The predicted octanol–water partition coefficient (Wildman–Crippen LogP) is 5.32. The number of rotatable bonds is 20. The summed E-state index contributed by atoms with van der Waals surface area (Å²) in [5, 5.41) is 0.788. The first-order valence-electron chi connectivity index (χ1n) is 14.4. The van der Waals surface area contributed by atoms with Gasteiger partial charge in [-0.3, -0.25) is 0 Å². The minimum atomic E-state index is -0.145. The summed E-state index contributed by atoms with van der Waals surface area (Å²) in [5.74, 6) is 3.84. The summed E-state index contributed by atoms with van der Waals surface area (Å²) in [6.07, 6.45) is 9.20. The maximum absolute atomic E-state index is 13.6. The van der Waals surface area contributed by atoms with Crippen LogP contribution in [0.25, 0.3) is 0 Å². The first-order valence-corrected chi connectivity index (χ1v) is 15.3. The van der Waals surface area contributed by atoms with E-state index in [9.17, 15) is 4.79 Å². The van der Waals surface area contributed by atoms with Crippen molar-refractivity contribution in [2.75, 3.05) is 34.5 Å². The minimum absolute atomic E-state index is 0. The molecule has 6 nitrogen and oxygen atoms in total. The zero-order valence-corrected chi connectivity index (χ0v) is 26.9. The summed E-state index contributed by atoms with van der Waals surface area (Å²) in [5.41, 5.74) is 0.235. The van der Waals surface area contributed by atoms with Gasteiger partial charge in [-0.1, -0.05) is 72.3 Å². The van der Waals surface area contributed by atoms with Crippen molar-refractivity contribution in [2.24, 2.45) is 11.8 Å². The van der Waals surface area contributed by atoms with E-state index in [1.54, 1.807) is 19.2 Å². The van der Waals surface area contributed by atoms with Crippen LogP contribution in [0.2, 0.25) is 0 Å². The van der Waals surface area contributed by atoms with Crippen LogP contribution in [0.1, 0.15) is 89.4 Å². The fourth-order valence-electron chi connectivity index (χ4n) is 4.39. The number of hydrogen-bond donors (Lipinski definition) is 0. The van der Waals surface area contributed by atoms with Crippen molar-refractivity contribution < 1.29 is 47.3 Å². The monoisotopic (exact) mass is 566 g/mol. The average Bonchev–Trinajstić information content (AvgIpc) is 2.97. The topological polar surface area (TPSA) is 63.2 Å². The molecule has 0 saturated heterocycles. The molecule has 0 aliphatic rings. The summed E-state index contributed by atoms with van der Waals surface area (Å²) in [7, 11) is 5.10. The van der Waals surface area contributed by atoms with Gasteiger partial charge < -0.3 is 37.1 Å². The molecule has 0 heterocycles. The Morgan fingerprint density at radius 2 is 1.25 bits per heavy atom. The number of hydrogen-bond acceptors (Lipinski definition) is 6. The number of carbonyl (C=O) groups is 1. The Morgan fingerprint density at radius 3 is 1.73 bits per heavy atom. The minimum Gasteiger partial charge on any atom is -0.496 e. The molecule has 0 spiro atoms. The second-order valence-corrected chi connectivity index (χ2v) is 11.0. The van der Waals surface area contributed by atoms with E-state index in [-0.39, 0.29) is 24.4 Å². The SMILES string of the molecule is CCCCC(CC)COc1ccc([P-]C(=O)c2c(OC)cc(OC)cc2OC)c(OCC(CC)CCCC)c1.[Li+]. The van der Waals surface area contributed by atoms with Crippen LogP contribution in [0.3, 0.4) is 0 Å². The fourth-order valence-corrected chi connectivity index (χ4v) is 5.33. The van der Waals surface area contributed by atoms with Crippen molar-refractivity contribution in [3.05, 3.63) is 35.9 Å². The van der Waals surface area contributed by atoms with Crippen LogP contribution in [0, 0.1) is 11.8 Å².